The van der Waals surface area contributed by atoms with Crippen molar-refractivity contribution in [3.8, 4) is 5.88 Å². The minimum atomic E-state index is 0.380. The van der Waals surface area contributed by atoms with Gasteiger partial charge >= 0.3 is 0 Å². The van der Waals surface area contributed by atoms with Crippen molar-refractivity contribution in [2.45, 2.75) is 26.8 Å². The topological polar surface area (TPSA) is 54.6 Å². The van der Waals surface area contributed by atoms with E-state index >= 15 is 0 Å². The molecule has 2 N–H and O–H groups in total. The van der Waals surface area contributed by atoms with Crippen LogP contribution >= 0.6 is 0 Å². The van der Waals surface area contributed by atoms with Crippen molar-refractivity contribution in [2.24, 2.45) is 0 Å². The van der Waals surface area contributed by atoms with Crippen molar-refractivity contribution >= 4 is 11.5 Å². The first-order valence-corrected chi connectivity index (χ1v) is 6.80. The number of likely N-dealkylation sites (N-methyl/N-ethyl adjacent to an activating group) is 2. The third-order valence-corrected chi connectivity index (χ3v) is 2.95. The van der Waals surface area contributed by atoms with E-state index in [2.05, 4.69) is 42.7 Å². The highest BCUT2D eigenvalue weighted by Crippen LogP contribution is 2.24. The Balaban J connectivity index is 2.94. The first kappa shape index (κ1) is 15.6. The maximum Gasteiger partial charge on any atom is 0.239 e. The summed E-state index contributed by atoms with van der Waals surface area (Å²) in [6.07, 6.45) is 0. The van der Waals surface area contributed by atoms with Gasteiger partial charge in [-0.3, -0.25) is 0 Å². The fourth-order valence-corrected chi connectivity index (χ4v) is 2.18. The average Bonchev–Trinajstić information content (AvgIpc) is 2.33. The molecule has 0 saturated carbocycles. The minimum Gasteiger partial charge on any atom is -0.476 e. The van der Waals surface area contributed by atoms with E-state index in [4.69, 9.17) is 10.5 Å². The van der Waals surface area contributed by atoms with Crippen LogP contribution < -0.4 is 15.4 Å². The molecule has 0 bridgehead atoms. The Labute approximate surface area is 116 Å². The lowest BCUT2D eigenvalue weighted by molar-refractivity contribution is 0.328. The lowest BCUT2D eigenvalue weighted by Gasteiger charge is -2.31. The van der Waals surface area contributed by atoms with Crippen LogP contribution in [-0.4, -0.2) is 49.7 Å². The summed E-state index contributed by atoms with van der Waals surface area (Å²) in [6.45, 7) is 8.70. The number of nitrogens with zero attached hydrogens (tertiary/aromatic N) is 3. The molecule has 1 unspecified atom stereocenters. The lowest BCUT2D eigenvalue weighted by Crippen LogP contribution is -2.40. The van der Waals surface area contributed by atoms with Crippen LogP contribution in [0.5, 0.6) is 5.88 Å². The van der Waals surface area contributed by atoms with Crippen LogP contribution in [0.15, 0.2) is 12.1 Å². The number of anilines is 2. The van der Waals surface area contributed by atoms with Gasteiger partial charge in [0, 0.05) is 19.1 Å². The fourth-order valence-electron chi connectivity index (χ4n) is 2.18. The lowest BCUT2D eigenvalue weighted by atomic mass is 10.2. The number of aromatic nitrogens is 1. The van der Waals surface area contributed by atoms with Crippen LogP contribution in [0.4, 0.5) is 11.5 Å². The van der Waals surface area contributed by atoms with E-state index in [1.807, 2.05) is 19.1 Å². The summed E-state index contributed by atoms with van der Waals surface area (Å²) in [5.41, 5.74) is 6.44. The molecule has 0 aliphatic rings. The second kappa shape index (κ2) is 7.19. The molecule has 0 aliphatic heterocycles. The molecule has 0 radical (unpaired) electrons. The van der Waals surface area contributed by atoms with Crippen molar-refractivity contribution in [1.29, 1.82) is 0 Å². The maximum atomic E-state index is 5.86. The zero-order valence-electron chi connectivity index (χ0n) is 12.7. The summed E-state index contributed by atoms with van der Waals surface area (Å²) in [5.74, 6) is 1.44. The van der Waals surface area contributed by atoms with E-state index in [1.54, 1.807) is 0 Å². The smallest absolute Gasteiger partial charge is 0.239 e. The van der Waals surface area contributed by atoms with Gasteiger partial charge in [-0.25, -0.2) is 0 Å². The second-order valence-corrected chi connectivity index (χ2v) is 4.89. The zero-order chi connectivity index (χ0) is 14.4. The number of nitrogens with two attached hydrogens (primary N) is 1. The molecular formula is C14H26N4O. The third-order valence-electron chi connectivity index (χ3n) is 2.95. The molecule has 1 heterocycles. The Morgan fingerprint density at radius 2 is 2.00 bits per heavy atom. The molecule has 1 atom stereocenters. The molecule has 0 spiro atoms. The maximum absolute atomic E-state index is 5.86. The Kier molecular flexibility index (Phi) is 5.89. The molecule has 0 aliphatic carbocycles. The molecule has 0 amide bonds. The highest BCUT2D eigenvalue weighted by molar-refractivity contribution is 5.54. The molecule has 5 heteroatoms. The summed E-state index contributed by atoms with van der Waals surface area (Å²) in [5, 5.41) is 0. The number of rotatable bonds is 7. The number of hydrogen-bond donors (Lipinski definition) is 1. The number of nitrogen functional groups attached to an aromatic ring is 1. The van der Waals surface area contributed by atoms with Gasteiger partial charge in [0.25, 0.3) is 0 Å². The van der Waals surface area contributed by atoms with E-state index < -0.39 is 0 Å². The zero-order valence-corrected chi connectivity index (χ0v) is 12.7. The quantitative estimate of drug-likeness (QED) is 0.816. The third kappa shape index (κ3) is 4.28. The van der Waals surface area contributed by atoms with Gasteiger partial charge in [0.05, 0.1) is 12.3 Å². The number of hydrogen-bond acceptors (Lipinski definition) is 5. The van der Waals surface area contributed by atoms with E-state index in [9.17, 15) is 0 Å². The monoisotopic (exact) mass is 266 g/mol. The molecule has 1 aromatic heterocycles. The molecule has 108 valence electrons. The van der Waals surface area contributed by atoms with Gasteiger partial charge in [-0.1, -0.05) is 0 Å². The average molecular weight is 266 g/mol. The number of pyridine rings is 1. The van der Waals surface area contributed by atoms with Crippen molar-refractivity contribution < 1.29 is 4.74 Å². The van der Waals surface area contributed by atoms with Crippen LogP contribution in [-0.2, 0) is 0 Å². The summed E-state index contributed by atoms with van der Waals surface area (Å²) in [4.78, 5) is 8.95. The van der Waals surface area contributed by atoms with Crippen molar-refractivity contribution in [3.05, 3.63) is 12.1 Å². The minimum absolute atomic E-state index is 0.380. The fraction of sp³-hybridized carbons (Fsp3) is 0.643. The Morgan fingerprint density at radius 3 is 2.53 bits per heavy atom. The van der Waals surface area contributed by atoms with Crippen LogP contribution in [0.3, 0.4) is 0 Å². The largest absolute Gasteiger partial charge is 0.476 e. The second-order valence-electron chi connectivity index (χ2n) is 4.89. The number of ether oxygens (including phenoxy) is 1. The van der Waals surface area contributed by atoms with Gasteiger partial charge in [-0.15, -0.1) is 0 Å². The van der Waals surface area contributed by atoms with Gasteiger partial charge in [0.1, 0.15) is 5.82 Å². The van der Waals surface area contributed by atoms with Crippen LogP contribution in [0.25, 0.3) is 0 Å². The van der Waals surface area contributed by atoms with E-state index in [0.29, 0.717) is 24.2 Å². The van der Waals surface area contributed by atoms with E-state index in [1.165, 1.54) is 0 Å². The summed E-state index contributed by atoms with van der Waals surface area (Å²) in [7, 11) is 4.15. The molecule has 0 aromatic carbocycles. The highest BCUT2D eigenvalue weighted by Gasteiger charge is 2.16. The molecule has 0 saturated heterocycles. The Hall–Kier alpha value is -1.49. The van der Waals surface area contributed by atoms with Crippen molar-refractivity contribution in [1.82, 2.24) is 9.88 Å². The van der Waals surface area contributed by atoms with Gasteiger partial charge in [-0.2, -0.15) is 4.98 Å². The van der Waals surface area contributed by atoms with Gasteiger partial charge in [0.2, 0.25) is 5.88 Å². The van der Waals surface area contributed by atoms with Crippen molar-refractivity contribution in [2.75, 3.05) is 44.4 Å². The Bertz CT molecular complexity index is 395. The summed E-state index contributed by atoms with van der Waals surface area (Å²) < 4.78 is 5.46. The van der Waals surface area contributed by atoms with Gasteiger partial charge in [-0.05, 0) is 47.0 Å². The van der Waals surface area contributed by atoms with E-state index in [0.717, 1.165) is 18.9 Å². The molecule has 1 rings (SSSR count). The predicted molar refractivity (Wildman–Crippen MR) is 80.9 cm³/mol. The first-order chi connectivity index (χ1) is 8.99. The van der Waals surface area contributed by atoms with Crippen LogP contribution in [0.2, 0.25) is 0 Å². The van der Waals surface area contributed by atoms with Crippen LogP contribution in [0, 0.1) is 0 Å². The molecule has 19 heavy (non-hydrogen) atoms. The SMILES string of the molecule is CCOc1nc(N(CC)C(C)CN(C)C)ccc1N. The highest BCUT2D eigenvalue weighted by atomic mass is 16.5. The molecule has 0 fully saturated rings. The first-order valence-electron chi connectivity index (χ1n) is 6.80. The predicted octanol–water partition coefficient (Wildman–Crippen LogP) is 1.84. The van der Waals surface area contributed by atoms with Crippen LogP contribution in [0.1, 0.15) is 20.8 Å². The summed E-state index contributed by atoms with van der Waals surface area (Å²) >= 11 is 0. The van der Waals surface area contributed by atoms with E-state index in [-0.39, 0.29) is 0 Å². The summed E-state index contributed by atoms with van der Waals surface area (Å²) in [6, 6.07) is 4.19. The van der Waals surface area contributed by atoms with Crippen molar-refractivity contribution in [3.63, 3.8) is 0 Å². The normalized spacial score (nSPS) is 12.5. The van der Waals surface area contributed by atoms with Gasteiger partial charge in [0.15, 0.2) is 0 Å². The molecule has 1 aromatic rings. The Morgan fingerprint density at radius 1 is 1.32 bits per heavy atom. The standard InChI is InChI=1S/C14H26N4O/c1-6-18(11(3)10-17(4)5)13-9-8-12(15)14(16-13)19-7-2/h8-9,11H,6-7,10,15H2,1-5H3. The van der Waals surface area contributed by atoms with Gasteiger partial charge < -0.3 is 20.3 Å². The molecular weight excluding hydrogens is 240 g/mol. The molecule has 5 nitrogen and oxygen atoms in total.